The van der Waals surface area contributed by atoms with E-state index in [4.69, 9.17) is 15.0 Å². The fourth-order valence-electron chi connectivity index (χ4n) is 0. The van der Waals surface area contributed by atoms with Crippen molar-refractivity contribution in [2.75, 3.05) is 0 Å². The van der Waals surface area contributed by atoms with E-state index >= 15 is 0 Å². The van der Waals surface area contributed by atoms with E-state index in [0.29, 0.717) is 0 Å². The van der Waals surface area contributed by atoms with E-state index < -0.39 is 6.16 Å². The van der Waals surface area contributed by atoms with Gasteiger partial charge in [0.2, 0.25) is 0 Å². The van der Waals surface area contributed by atoms with Gasteiger partial charge in [0, 0.05) is 17.1 Å². The molecule has 0 aliphatic heterocycles. The van der Waals surface area contributed by atoms with Crippen molar-refractivity contribution in [3.8, 4) is 0 Å². The van der Waals surface area contributed by atoms with Gasteiger partial charge >= 0.3 is 25.0 Å². The zero-order valence-corrected chi connectivity index (χ0v) is 3.26. The molecule has 0 atom stereocenters. The summed E-state index contributed by atoms with van der Waals surface area (Å²) in [5, 5.41) is 13.9. The Labute approximate surface area is 57.4 Å². The van der Waals surface area contributed by atoms with Crippen molar-refractivity contribution in [3.05, 3.63) is 0 Å². The van der Waals surface area contributed by atoms with Crippen molar-refractivity contribution >= 4 is 25.0 Å². The van der Waals surface area contributed by atoms with Crippen molar-refractivity contribution in [2.45, 2.75) is 0 Å². The molecule has 0 spiro atoms. The third kappa shape index (κ3) is 336. The van der Waals surface area contributed by atoms with Crippen molar-refractivity contribution in [1.82, 2.24) is 0 Å². The molecule has 2 N–H and O–H groups in total. The molecule has 0 fully saturated rings. The molecular weight excluding hydrogens is 123 g/mol. The molecule has 0 aromatic rings. The van der Waals surface area contributed by atoms with E-state index in [-0.39, 0.29) is 35.9 Å². The number of rotatable bonds is 0. The molecule has 5 heteroatoms. The second-order valence-corrected chi connectivity index (χ2v) is 0.283. The Bertz CT molecular complexity index is 33.8. The zero-order chi connectivity index (χ0) is 3.58. The Morgan fingerprint density at radius 2 is 1.33 bits per heavy atom. The molecule has 34 valence electrons. The summed E-state index contributed by atoms with van der Waals surface area (Å²) < 4.78 is 0. The van der Waals surface area contributed by atoms with Gasteiger partial charge in [0.25, 0.3) is 0 Å². The van der Waals surface area contributed by atoms with Gasteiger partial charge in [-0.1, -0.05) is 0 Å². The van der Waals surface area contributed by atoms with Crippen molar-refractivity contribution < 1.29 is 32.1 Å². The maximum absolute atomic E-state index is 8.56. The van der Waals surface area contributed by atoms with E-state index in [1.54, 1.807) is 0 Å². The average molecular weight is 126 g/mol. The standard InChI is InChI=1S/CH2O3.Fe.Li.H/c2-1(3)4;;;/h(H2,2,3,4);;;. The monoisotopic (exact) mass is 126 g/mol. The summed E-state index contributed by atoms with van der Waals surface area (Å²) in [6.07, 6.45) is -1.83. The van der Waals surface area contributed by atoms with Crippen LogP contribution in [0.3, 0.4) is 0 Å². The van der Waals surface area contributed by atoms with Crippen LogP contribution in [0, 0.1) is 0 Å². The summed E-state index contributed by atoms with van der Waals surface area (Å²) in [5.41, 5.74) is 0. The van der Waals surface area contributed by atoms with Crippen LogP contribution >= 0.6 is 0 Å². The van der Waals surface area contributed by atoms with E-state index in [0.717, 1.165) is 0 Å². The Morgan fingerprint density at radius 3 is 1.33 bits per heavy atom. The maximum atomic E-state index is 8.56. The number of hydrogen-bond acceptors (Lipinski definition) is 1. The molecule has 0 bridgehead atoms. The molecule has 0 heterocycles. The van der Waals surface area contributed by atoms with Crippen LogP contribution in [0.1, 0.15) is 0 Å². The van der Waals surface area contributed by atoms with Crippen molar-refractivity contribution in [1.29, 1.82) is 0 Å². The van der Waals surface area contributed by atoms with Crippen LogP contribution in [-0.4, -0.2) is 35.2 Å². The van der Waals surface area contributed by atoms with E-state index in [1.807, 2.05) is 0 Å². The minimum absolute atomic E-state index is 0. The van der Waals surface area contributed by atoms with Gasteiger partial charge in [0.15, 0.2) is 0 Å². The van der Waals surface area contributed by atoms with Crippen molar-refractivity contribution in [3.63, 3.8) is 0 Å². The topological polar surface area (TPSA) is 57.5 Å². The zero-order valence-electron chi connectivity index (χ0n) is 2.16. The average Bonchev–Trinajstić information content (AvgIpc) is 0.811. The first-order valence-corrected chi connectivity index (χ1v) is 0.651. The molecule has 0 amide bonds. The summed E-state index contributed by atoms with van der Waals surface area (Å²) in [4.78, 5) is 8.56. The summed E-state index contributed by atoms with van der Waals surface area (Å²) in [6, 6.07) is 0. The molecule has 0 aliphatic rings. The predicted molar refractivity (Wildman–Crippen MR) is 17.8 cm³/mol. The van der Waals surface area contributed by atoms with Gasteiger partial charge in [-0.3, -0.25) is 0 Å². The first kappa shape index (κ1) is 16.2. The molecule has 6 heavy (non-hydrogen) atoms. The normalized spacial score (nSPS) is 4.00. The molecule has 0 saturated carbocycles. The fraction of sp³-hybridized carbons (Fsp3) is 0. The van der Waals surface area contributed by atoms with Crippen LogP contribution in [0.15, 0.2) is 0 Å². The number of carbonyl (C=O) groups is 1. The van der Waals surface area contributed by atoms with E-state index in [1.165, 1.54) is 0 Å². The molecule has 0 radical (unpaired) electrons. The molecule has 3 nitrogen and oxygen atoms in total. The van der Waals surface area contributed by atoms with Crippen LogP contribution in [0.5, 0.6) is 0 Å². The quantitative estimate of drug-likeness (QED) is 0.433. The Kier molecular flexibility index (Phi) is 24.3. The van der Waals surface area contributed by atoms with Crippen LogP contribution in [0.25, 0.3) is 0 Å². The van der Waals surface area contributed by atoms with Crippen LogP contribution in [-0.2, 0) is 17.1 Å². The second-order valence-electron chi connectivity index (χ2n) is 0.283. The molecule has 0 aromatic carbocycles. The fourth-order valence-corrected chi connectivity index (χ4v) is 0. The molecular formula is CH3FeLiO3. The van der Waals surface area contributed by atoms with E-state index in [9.17, 15) is 0 Å². The molecule has 0 aromatic heterocycles. The summed E-state index contributed by atoms with van der Waals surface area (Å²) >= 11 is 0. The summed E-state index contributed by atoms with van der Waals surface area (Å²) in [5.74, 6) is 0. The van der Waals surface area contributed by atoms with E-state index in [2.05, 4.69) is 0 Å². The second kappa shape index (κ2) is 9.04. The first-order chi connectivity index (χ1) is 1.73. The van der Waals surface area contributed by atoms with Gasteiger partial charge in [-0.15, -0.1) is 0 Å². The third-order valence-corrected chi connectivity index (χ3v) is 0. The van der Waals surface area contributed by atoms with Gasteiger partial charge in [-0.05, 0) is 0 Å². The third-order valence-electron chi connectivity index (χ3n) is 0. The van der Waals surface area contributed by atoms with Crippen LogP contribution < -0.4 is 0 Å². The van der Waals surface area contributed by atoms with Crippen molar-refractivity contribution in [2.24, 2.45) is 0 Å². The summed E-state index contributed by atoms with van der Waals surface area (Å²) in [6.45, 7) is 0. The molecule has 0 rings (SSSR count). The van der Waals surface area contributed by atoms with Crippen LogP contribution in [0.2, 0.25) is 0 Å². The predicted octanol–water partition coefficient (Wildman–Crippen LogP) is -0.429. The first-order valence-electron chi connectivity index (χ1n) is 0.651. The Morgan fingerprint density at radius 1 is 1.33 bits per heavy atom. The van der Waals surface area contributed by atoms with Gasteiger partial charge < -0.3 is 10.2 Å². The number of carboxylic acid groups (broad SMARTS) is 2. The van der Waals surface area contributed by atoms with Gasteiger partial charge in [-0.2, -0.15) is 0 Å². The van der Waals surface area contributed by atoms with Gasteiger partial charge in [-0.25, -0.2) is 4.79 Å². The Balaban J connectivity index is -0.0000000450. The van der Waals surface area contributed by atoms with Crippen LogP contribution in [0.4, 0.5) is 4.79 Å². The molecule has 0 aliphatic carbocycles. The SMILES string of the molecule is O=C(O)O.[Fe].[LiH]. The Hall–Kier alpha value is 0.387. The summed E-state index contributed by atoms with van der Waals surface area (Å²) in [7, 11) is 0. The minimum atomic E-state index is -1.83. The number of hydrogen-bond donors (Lipinski definition) is 2. The van der Waals surface area contributed by atoms with Gasteiger partial charge in [0.05, 0.1) is 0 Å². The van der Waals surface area contributed by atoms with Gasteiger partial charge in [0.1, 0.15) is 0 Å². The molecule has 0 saturated heterocycles. The molecule has 0 unspecified atom stereocenters.